The van der Waals surface area contributed by atoms with Crippen LogP contribution in [0.15, 0.2) is 36.0 Å². The number of carboxylic acid groups (broad SMARTS) is 1. The summed E-state index contributed by atoms with van der Waals surface area (Å²) in [5.41, 5.74) is 1.23. The van der Waals surface area contributed by atoms with E-state index >= 15 is 0 Å². The van der Waals surface area contributed by atoms with E-state index in [0.717, 1.165) is 20.7 Å². The molecule has 1 aliphatic rings. The molecule has 8 nitrogen and oxygen atoms in total. The van der Waals surface area contributed by atoms with Crippen LogP contribution in [0.2, 0.25) is 0 Å². The lowest BCUT2D eigenvalue weighted by molar-refractivity contribution is -0.140. The summed E-state index contributed by atoms with van der Waals surface area (Å²) in [6.07, 6.45) is 3.11. The average Bonchev–Trinajstić information content (AvgIpc) is 3.04. The van der Waals surface area contributed by atoms with Crippen LogP contribution in [0.25, 0.3) is 17.0 Å². The highest BCUT2D eigenvalue weighted by molar-refractivity contribution is 6.30. The van der Waals surface area contributed by atoms with Gasteiger partial charge in [-0.1, -0.05) is 6.07 Å². The van der Waals surface area contributed by atoms with Crippen LogP contribution in [-0.2, 0) is 14.4 Å². The molecule has 0 saturated carbocycles. The van der Waals surface area contributed by atoms with E-state index in [2.05, 4.69) is 0 Å². The van der Waals surface area contributed by atoms with Crippen LogP contribution in [0.1, 0.15) is 18.5 Å². The first-order chi connectivity index (χ1) is 12.2. The molecular formula is C18H17N3O5. The molecule has 1 saturated heterocycles. The van der Waals surface area contributed by atoms with Crippen LogP contribution in [0.4, 0.5) is 4.79 Å². The van der Waals surface area contributed by atoms with Gasteiger partial charge in [0.1, 0.15) is 11.6 Å². The Morgan fingerprint density at radius 2 is 1.69 bits per heavy atom. The molecule has 1 atom stereocenters. The van der Waals surface area contributed by atoms with Crippen LogP contribution in [-0.4, -0.2) is 57.4 Å². The summed E-state index contributed by atoms with van der Waals surface area (Å²) >= 11 is 0. The number of nitrogens with zero attached hydrogens (tertiary/aromatic N) is 3. The van der Waals surface area contributed by atoms with Gasteiger partial charge in [0.05, 0.1) is 0 Å². The van der Waals surface area contributed by atoms with E-state index in [1.165, 1.54) is 20.2 Å². The Labute approximate surface area is 148 Å². The van der Waals surface area contributed by atoms with Crippen LogP contribution in [0, 0.1) is 0 Å². The van der Waals surface area contributed by atoms with E-state index in [0.29, 0.717) is 5.56 Å². The predicted octanol–water partition coefficient (Wildman–Crippen LogP) is 1.72. The number of urea groups is 1. The average molecular weight is 355 g/mol. The van der Waals surface area contributed by atoms with Gasteiger partial charge < -0.3 is 9.67 Å². The lowest BCUT2D eigenvalue weighted by Crippen LogP contribution is -2.52. The van der Waals surface area contributed by atoms with E-state index in [1.807, 2.05) is 0 Å². The molecule has 8 heteroatoms. The molecule has 26 heavy (non-hydrogen) atoms. The summed E-state index contributed by atoms with van der Waals surface area (Å²) in [6, 6.07) is 5.56. The van der Waals surface area contributed by atoms with Crippen molar-refractivity contribution in [2.75, 3.05) is 14.1 Å². The highest BCUT2D eigenvalue weighted by Gasteiger charge is 2.37. The quantitative estimate of drug-likeness (QED) is 0.667. The van der Waals surface area contributed by atoms with E-state index < -0.39 is 29.9 Å². The van der Waals surface area contributed by atoms with Crippen LogP contribution in [0.3, 0.4) is 0 Å². The molecule has 1 aliphatic heterocycles. The Balaban J connectivity index is 2.02. The fourth-order valence-electron chi connectivity index (χ4n) is 2.87. The molecular weight excluding hydrogens is 338 g/mol. The van der Waals surface area contributed by atoms with Crippen LogP contribution < -0.4 is 0 Å². The molecule has 1 aromatic heterocycles. The minimum absolute atomic E-state index is 0.104. The lowest BCUT2D eigenvalue weighted by Gasteiger charge is -2.28. The SMILES string of the molecule is C[C@@H](C(=O)O)n1ccc2cc(C=C3C(=O)N(C)C(=O)N(C)C3=O)ccc21. The summed E-state index contributed by atoms with van der Waals surface area (Å²) < 4.78 is 1.63. The molecule has 0 unspecified atom stereocenters. The zero-order valence-corrected chi connectivity index (χ0v) is 14.5. The largest absolute Gasteiger partial charge is 0.480 e. The third-order valence-electron chi connectivity index (χ3n) is 4.47. The zero-order chi connectivity index (χ0) is 19.2. The lowest BCUT2D eigenvalue weighted by atomic mass is 10.1. The summed E-state index contributed by atoms with van der Waals surface area (Å²) in [4.78, 5) is 49.2. The molecule has 0 radical (unpaired) electrons. The number of imide groups is 2. The van der Waals surface area contributed by atoms with Crippen molar-refractivity contribution in [3.63, 3.8) is 0 Å². The normalized spacial score (nSPS) is 16.4. The Hall–Kier alpha value is -3.42. The van der Waals surface area contributed by atoms with Crippen molar-refractivity contribution in [2.45, 2.75) is 13.0 Å². The second kappa shape index (κ2) is 6.14. The molecule has 0 bridgehead atoms. The number of likely N-dealkylation sites (N-methyl/N-ethyl adjacent to an activating group) is 2. The number of hydrogen-bond donors (Lipinski definition) is 1. The van der Waals surface area contributed by atoms with Crippen molar-refractivity contribution in [3.8, 4) is 0 Å². The number of aliphatic carboxylic acids is 1. The molecule has 2 aromatic rings. The number of amides is 4. The van der Waals surface area contributed by atoms with Gasteiger partial charge in [-0.05, 0) is 36.8 Å². The standard InChI is InChI=1S/C18H17N3O5/c1-10(17(24)25)21-7-6-12-8-11(4-5-14(12)21)9-13-15(22)19(2)18(26)20(3)16(13)23/h4-10H,1-3H3,(H,24,25)/t10-/m0/s1. The van der Waals surface area contributed by atoms with Gasteiger partial charge in [-0.3, -0.25) is 19.4 Å². The van der Waals surface area contributed by atoms with Gasteiger partial charge in [0, 0.05) is 31.2 Å². The molecule has 1 aromatic carbocycles. The Morgan fingerprint density at radius 3 is 2.27 bits per heavy atom. The van der Waals surface area contributed by atoms with Crippen molar-refractivity contribution < 1.29 is 24.3 Å². The Morgan fingerprint density at radius 1 is 1.08 bits per heavy atom. The van der Waals surface area contributed by atoms with E-state index in [9.17, 15) is 24.3 Å². The molecule has 4 amide bonds. The van der Waals surface area contributed by atoms with Gasteiger partial charge >= 0.3 is 12.0 Å². The van der Waals surface area contributed by atoms with Crippen LogP contribution >= 0.6 is 0 Å². The van der Waals surface area contributed by atoms with Gasteiger partial charge in [-0.25, -0.2) is 9.59 Å². The topological polar surface area (TPSA) is 99.9 Å². The molecule has 3 rings (SSSR count). The first-order valence-electron chi connectivity index (χ1n) is 7.87. The third kappa shape index (κ3) is 2.65. The van der Waals surface area contributed by atoms with Gasteiger partial charge in [0.25, 0.3) is 11.8 Å². The second-order valence-corrected chi connectivity index (χ2v) is 6.12. The maximum Gasteiger partial charge on any atom is 0.333 e. The second-order valence-electron chi connectivity index (χ2n) is 6.12. The summed E-state index contributed by atoms with van der Waals surface area (Å²) in [7, 11) is 2.64. The van der Waals surface area contributed by atoms with E-state index in [4.69, 9.17) is 0 Å². The fraction of sp³-hybridized carbons (Fsp3) is 0.222. The molecule has 2 heterocycles. The zero-order valence-electron chi connectivity index (χ0n) is 14.5. The first-order valence-corrected chi connectivity index (χ1v) is 7.87. The van der Waals surface area contributed by atoms with Gasteiger partial charge in [-0.15, -0.1) is 0 Å². The Bertz CT molecular complexity index is 962. The Kier molecular flexibility index (Phi) is 4.11. The van der Waals surface area contributed by atoms with Crippen molar-refractivity contribution in [1.29, 1.82) is 0 Å². The van der Waals surface area contributed by atoms with E-state index in [1.54, 1.807) is 42.0 Å². The van der Waals surface area contributed by atoms with Crippen molar-refractivity contribution in [1.82, 2.24) is 14.4 Å². The van der Waals surface area contributed by atoms with Gasteiger partial charge in [0.2, 0.25) is 0 Å². The van der Waals surface area contributed by atoms with Crippen molar-refractivity contribution in [3.05, 3.63) is 41.6 Å². The number of barbiturate groups is 1. The smallest absolute Gasteiger partial charge is 0.333 e. The number of benzene rings is 1. The van der Waals surface area contributed by atoms with E-state index in [-0.39, 0.29) is 5.57 Å². The minimum atomic E-state index is -0.942. The fourth-order valence-corrected chi connectivity index (χ4v) is 2.87. The minimum Gasteiger partial charge on any atom is -0.480 e. The third-order valence-corrected chi connectivity index (χ3v) is 4.47. The summed E-state index contributed by atoms with van der Waals surface area (Å²) in [5.74, 6) is -2.26. The number of carboxylic acids is 1. The van der Waals surface area contributed by atoms with Crippen LogP contribution in [0.5, 0.6) is 0 Å². The van der Waals surface area contributed by atoms with Crippen molar-refractivity contribution in [2.24, 2.45) is 0 Å². The highest BCUT2D eigenvalue weighted by Crippen LogP contribution is 2.24. The number of hydrogen-bond acceptors (Lipinski definition) is 4. The molecule has 134 valence electrons. The maximum atomic E-state index is 12.2. The maximum absolute atomic E-state index is 12.2. The highest BCUT2D eigenvalue weighted by atomic mass is 16.4. The number of rotatable bonds is 3. The molecule has 0 aliphatic carbocycles. The molecule has 1 fully saturated rings. The van der Waals surface area contributed by atoms with Gasteiger partial charge in [-0.2, -0.15) is 0 Å². The summed E-state index contributed by atoms with van der Waals surface area (Å²) in [5, 5.41) is 9.95. The monoisotopic (exact) mass is 355 g/mol. The first kappa shape index (κ1) is 17.4. The number of fused-ring (bicyclic) bond motifs is 1. The van der Waals surface area contributed by atoms with Gasteiger partial charge in [0.15, 0.2) is 0 Å². The number of carbonyl (C=O) groups excluding carboxylic acids is 3. The molecule has 0 spiro atoms. The van der Waals surface area contributed by atoms with Crippen molar-refractivity contribution >= 4 is 40.8 Å². The number of carbonyl (C=O) groups is 4. The summed E-state index contributed by atoms with van der Waals surface area (Å²) in [6.45, 7) is 1.58. The number of aromatic nitrogens is 1. The predicted molar refractivity (Wildman–Crippen MR) is 93.2 cm³/mol. The molecule has 1 N–H and O–H groups in total.